The van der Waals surface area contributed by atoms with Crippen molar-refractivity contribution in [1.82, 2.24) is 4.57 Å². The molecule has 0 saturated carbocycles. The third-order valence-electron chi connectivity index (χ3n) is 2.14. The second-order valence-corrected chi connectivity index (χ2v) is 3.15. The molecule has 0 unspecified atom stereocenters. The van der Waals surface area contributed by atoms with Gasteiger partial charge >= 0.3 is 0 Å². The zero-order valence-corrected chi connectivity index (χ0v) is 8.62. The van der Waals surface area contributed by atoms with E-state index in [4.69, 9.17) is 10.5 Å². The summed E-state index contributed by atoms with van der Waals surface area (Å²) in [5, 5.41) is 0. The van der Waals surface area contributed by atoms with E-state index in [0.717, 1.165) is 12.8 Å². The van der Waals surface area contributed by atoms with Crippen molar-refractivity contribution in [3.05, 3.63) is 22.6 Å². The highest BCUT2D eigenvalue weighted by Gasteiger charge is 2.05. The molecule has 1 rings (SSSR count). The van der Waals surface area contributed by atoms with Gasteiger partial charge in [0.15, 0.2) is 0 Å². The lowest BCUT2D eigenvalue weighted by Gasteiger charge is -2.08. The molecule has 0 spiro atoms. The van der Waals surface area contributed by atoms with Crippen LogP contribution in [-0.2, 0) is 6.54 Å². The van der Waals surface area contributed by atoms with Gasteiger partial charge in [0, 0.05) is 12.7 Å². The van der Waals surface area contributed by atoms with E-state index in [0.29, 0.717) is 12.3 Å². The van der Waals surface area contributed by atoms with Crippen molar-refractivity contribution in [3.63, 3.8) is 0 Å². The molecular weight excluding hydrogens is 180 g/mol. The maximum Gasteiger partial charge on any atom is 0.277 e. The fourth-order valence-electron chi connectivity index (χ4n) is 1.26. The molecule has 0 aromatic carbocycles. The van der Waals surface area contributed by atoms with E-state index in [2.05, 4.69) is 6.92 Å². The Balaban J connectivity index is 2.99. The minimum absolute atomic E-state index is 0.169. The first kappa shape index (κ1) is 10.6. The maximum atomic E-state index is 11.6. The molecule has 0 radical (unpaired) electrons. The second kappa shape index (κ2) is 4.69. The number of ether oxygens (including phenoxy) is 1. The van der Waals surface area contributed by atoms with Crippen LogP contribution in [0.3, 0.4) is 0 Å². The number of nitrogens with zero attached hydrogens (tertiary/aromatic N) is 1. The number of aromatic nitrogens is 1. The quantitative estimate of drug-likeness (QED) is 0.788. The summed E-state index contributed by atoms with van der Waals surface area (Å²) in [4.78, 5) is 11.6. The Morgan fingerprint density at radius 1 is 1.57 bits per heavy atom. The van der Waals surface area contributed by atoms with Gasteiger partial charge in [0.1, 0.15) is 11.4 Å². The minimum Gasteiger partial charge on any atom is -0.494 e. The molecule has 0 aliphatic carbocycles. The van der Waals surface area contributed by atoms with Crippen LogP contribution in [0.15, 0.2) is 17.1 Å². The average Bonchev–Trinajstić information content (AvgIpc) is 2.20. The van der Waals surface area contributed by atoms with Crippen molar-refractivity contribution in [2.24, 2.45) is 0 Å². The predicted molar refractivity (Wildman–Crippen MR) is 56.6 cm³/mol. The Labute approximate surface area is 83.3 Å². The number of pyridine rings is 1. The van der Waals surface area contributed by atoms with Crippen LogP contribution in [0.25, 0.3) is 0 Å². The Morgan fingerprint density at radius 3 is 2.86 bits per heavy atom. The molecule has 0 atom stereocenters. The molecule has 1 aromatic heterocycles. The normalized spacial score (nSPS) is 10.1. The van der Waals surface area contributed by atoms with Crippen LogP contribution >= 0.6 is 0 Å². The van der Waals surface area contributed by atoms with E-state index in [1.165, 1.54) is 7.11 Å². The first-order chi connectivity index (χ1) is 6.70. The third kappa shape index (κ3) is 2.07. The molecule has 78 valence electrons. The molecule has 2 N–H and O–H groups in total. The van der Waals surface area contributed by atoms with Crippen LogP contribution in [0.4, 0.5) is 5.69 Å². The topological polar surface area (TPSA) is 57.2 Å². The molecular formula is C10H16N2O2. The number of hydrogen-bond donors (Lipinski definition) is 1. The lowest BCUT2D eigenvalue weighted by atomic mass is 10.3. The summed E-state index contributed by atoms with van der Waals surface area (Å²) in [6.07, 6.45) is 3.75. The largest absolute Gasteiger partial charge is 0.494 e. The fraction of sp³-hybridized carbons (Fsp3) is 0.500. The molecule has 4 nitrogen and oxygen atoms in total. The van der Waals surface area contributed by atoms with Gasteiger partial charge in [0.25, 0.3) is 5.56 Å². The summed E-state index contributed by atoms with van der Waals surface area (Å²) in [5.74, 6) is 0.447. The van der Waals surface area contributed by atoms with E-state index < -0.39 is 0 Å². The number of anilines is 1. The van der Waals surface area contributed by atoms with E-state index in [1.807, 2.05) is 0 Å². The number of aryl methyl sites for hydroxylation is 1. The zero-order chi connectivity index (χ0) is 10.6. The highest BCUT2D eigenvalue weighted by molar-refractivity contribution is 5.49. The van der Waals surface area contributed by atoms with Crippen LogP contribution in [0, 0.1) is 0 Å². The number of rotatable bonds is 4. The van der Waals surface area contributed by atoms with Crippen LogP contribution in [0.2, 0.25) is 0 Å². The first-order valence-electron chi connectivity index (χ1n) is 4.73. The molecule has 0 aliphatic rings. The summed E-state index contributed by atoms with van der Waals surface area (Å²) < 4.78 is 6.56. The van der Waals surface area contributed by atoms with Crippen molar-refractivity contribution in [1.29, 1.82) is 0 Å². The molecule has 0 aliphatic heterocycles. The highest BCUT2D eigenvalue weighted by atomic mass is 16.5. The van der Waals surface area contributed by atoms with E-state index in [1.54, 1.807) is 16.8 Å². The van der Waals surface area contributed by atoms with Crippen LogP contribution in [0.1, 0.15) is 19.8 Å². The Bertz CT molecular complexity index is 358. The number of hydrogen-bond acceptors (Lipinski definition) is 3. The molecule has 0 saturated heterocycles. The number of nitrogens with two attached hydrogens (primary N) is 1. The zero-order valence-electron chi connectivity index (χ0n) is 8.62. The van der Waals surface area contributed by atoms with Gasteiger partial charge in [-0.05, 0) is 12.5 Å². The fourth-order valence-corrected chi connectivity index (χ4v) is 1.26. The third-order valence-corrected chi connectivity index (χ3v) is 2.14. The van der Waals surface area contributed by atoms with Gasteiger partial charge in [-0.1, -0.05) is 13.3 Å². The van der Waals surface area contributed by atoms with E-state index in [9.17, 15) is 4.79 Å². The molecule has 4 heteroatoms. The molecule has 1 aromatic rings. The van der Waals surface area contributed by atoms with Crippen molar-refractivity contribution in [3.8, 4) is 5.75 Å². The molecule has 0 bridgehead atoms. The minimum atomic E-state index is -0.169. The van der Waals surface area contributed by atoms with E-state index >= 15 is 0 Å². The standard InChI is InChI=1S/C10H16N2O2/c1-3-4-6-12-7-5-8(14-2)9(11)10(12)13/h5,7H,3-4,6,11H2,1-2H3. The number of unbranched alkanes of at least 4 members (excludes halogenated alkanes) is 1. The molecule has 0 amide bonds. The molecule has 14 heavy (non-hydrogen) atoms. The summed E-state index contributed by atoms with van der Waals surface area (Å²) in [7, 11) is 1.50. The SMILES string of the molecule is CCCCn1ccc(OC)c(N)c1=O. The van der Waals surface area contributed by atoms with Gasteiger partial charge < -0.3 is 15.0 Å². The van der Waals surface area contributed by atoms with Crippen molar-refractivity contribution >= 4 is 5.69 Å². The summed E-state index contributed by atoms with van der Waals surface area (Å²) in [6, 6.07) is 1.71. The molecule has 0 fully saturated rings. The van der Waals surface area contributed by atoms with Gasteiger partial charge in [0.2, 0.25) is 0 Å². The Morgan fingerprint density at radius 2 is 2.29 bits per heavy atom. The maximum absolute atomic E-state index is 11.6. The smallest absolute Gasteiger partial charge is 0.277 e. The first-order valence-corrected chi connectivity index (χ1v) is 4.73. The average molecular weight is 196 g/mol. The van der Waals surface area contributed by atoms with Gasteiger partial charge in [-0.25, -0.2) is 0 Å². The van der Waals surface area contributed by atoms with Crippen LogP contribution < -0.4 is 16.0 Å². The van der Waals surface area contributed by atoms with Gasteiger partial charge in [-0.15, -0.1) is 0 Å². The summed E-state index contributed by atoms with van der Waals surface area (Å²) >= 11 is 0. The van der Waals surface area contributed by atoms with E-state index in [-0.39, 0.29) is 11.2 Å². The monoisotopic (exact) mass is 196 g/mol. The predicted octanol–water partition coefficient (Wildman–Crippen LogP) is 1.24. The van der Waals surface area contributed by atoms with Gasteiger partial charge in [-0.3, -0.25) is 4.79 Å². The van der Waals surface area contributed by atoms with Crippen LogP contribution in [-0.4, -0.2) is 11.7 Å². The van der Waals surface area contributed by atoms with Crippen molar-refractivity contribution in [2.45, 2.75) is 26.3 Å². The van der Waals surface area contributed by atoms with Gasteiger partial charge in [-0.2, -0.15) is 0 Å². The summed E-state index contributed by atoms with van der Waals surface area (Å²) in [6.45, 7) is 2.79. The lowest BCUT2D eigenvalue weighted by Crippen LogP contribution is -2.22. The Kier molecular flexibility index (Phi) is 3.56. The lowest BCUT2D eigenvalue weighted by molar-refractivity contribution is 0.414. The highest BCUT2D eigenvalue weighted by Crippen LogP contribution is 2.14. The van der Waals surface area contributed by atoms with Crippen LogP contribution in [0.5, 0.6) is 5.75 Å². The van der Waals surface area contributed by atoms with Crippen molar-refractivity contribution < 1.29 is 4.74 Å². The Hall–Kier alpha value is -1.45. The van der Waals surface area contributed by atoms with Gasteiger partial charge in [0.05, 0.1) is 7.11 Å². The second-order valence-electron chi connectivity index (χ2n) is 3.15. The number of nitrogen functional groups attached to an aromatic ring is 1. The molecule has 1 heterocycles. The van der Waals surface area contributed by atoms with Crippen molar-refractivity contribution in [2.75, 3.05) is 12.8 Å². The summed E-state index contributed by atoms with van der Waals surface area (Å²) in [5.41, 5.74) is 5.62. The number of methoxy groups -OCH3 is 1.